The summed E-state index contributed by atoms with van der Waals surface area (Å²) in [5.74, 6) is -2.68. The van der Waals surface area contributed by atoms with Crippen LogP contribution in [0, 0.1) is 11.8 Å². The number of para-hydroxylation sites is 1. The lowest BCUT2D eigenvalue weighted by molar-refractivity contribution is -0.137. The molecule has 22 heavy (non-hydrogen) atoms. The molecule has 4 rings (SSSR count). The number of hydrogen-bond donors (Lipinski definition) is 0. The van der Waals surface area contributed by atoms with Crippen LogP contribution >= 0.6 is 0 Å². The second-order valence-corrected chi connectivity index (χ2v) is 5.53. The van der Waals surface area contributed by atoms with E-state index in [1.807, 2.05) is 0 Å². The summed E-state index contributed by atoms with van der Waals surface area (Å²) < 4.78 is 44.8. The van der Waals surface area contributed by atoms with Crippen molar-refractivity contribution in [3.8, 4) is 0 Å². The lowest BCUT2D eigenvalue weighted by atomic mass is 9.85. The molecule has 2 fully saturated rings. The molecule has 2 bridgehead atoms. The Bertz CT molecular complexity index is 682. The number of halogens is 3. The number of anilines is 1. The van der Waals surface area contributed by atoms with E-state index in [1.165, 1.54) is 12.1 Å². The number of nitrogens with zero attached hydrogens (tertiary/aromatic N) is 1. The normalized spacial score (nSPS) is 33.0. The van der Waals surface area contributed by atoms with Crippen LogP contribution < -0.4 is 4.90 Å². The van der Waals surface area contributed by atoms with Crippen LogP contribution in [0.5, 0.6) is 0 Å². The Labute approximate surface area is 123 Å². The maximum atomic E-state index is 13.1. The molecule has 3 aliphatic rings. The van der Waals surface area contributed by atoms with E-state index < -0.39 is 53.3 Å². The van der Waals surface area contributed by atoms with Crippen LogP contribution in [0.2, 0.25) is 0 Å². The lowest BCUT2D eigenvalue weighted by Gasteiger charge is -2.21. The second-order valence-electron chi connectivity index (χ2n) is 5.53. The Balaban J connectivity index is 1.80. The van der Waals surface area contributed by atoms with Gasteiger partial charge in [0.05, 0.1) is 35.3 Å². The van der Waals surface area contributed by atoms with Gasteiger partial charge in [-0.05, 0) is 12.1 Å². The number of amides is 2. The maximum absolute atomic E-state index is 13.1. The Morgan fingerprint density at radius 3 is 2.05 bits per heavy atom. The van der Waals surface area contributed by atoms with E-state index in [0.717, 1.165) is 12.1 Å². The average Bonchev–Trinajstić information content (AvgIpc) is 3.12. The van der Waals surface area contributed by atoms with Crippen molar-refractivity contribution >= 4 is 17.5 Å². The molecule has 114 valence electrons. The number of ether oxygens (including phenoxy) is 1. The topological polar surface area (TPSA) is 46.6 Å². The molecule has 2 amide bonds. The average molecular weight is 309 g/mol. The number of alkyl halides is 3. The van der Waals surface area contributed by atoms with E-state index >= 15 is 0 Å². The summed E-state index contributed by atoms with van der Waals surface area (Å²) in [6.07, 6.45) is -2.29. The smallest absolute Gasteiger partial charge is 0.365 e. The van der Waals surface area contributed by atoms with Gasteiger partial charge in [0.15, 0.2) is 0 Å². The third-order valence-electron chi connectivity index (χ3n) is 4.36. The minimum absolute atomic E-state index is 0.404. The zero-order chi connectivity index (χ0) is 15.6. The SMILES string of the molecule is O=C1[C@@H]2[C@H](C(=O)N1c1ccccc1C(F)(F)F)[C@@H]1C=C[C@H]2O1. The Hall–Kier alpha value is -2.15. The van der Waals surface area contributed by atoms with E-state index in [1.54, 1.807) is 12.2 Å². The van der Waals surface area contributed by atoms with Gasteiger partial charge < -0.3 is 4.74 Å². The highest BCUT2D eigenvalue weighted by Gasteiger charge is 2.61. The van der Waals surface area contributed by atoms with Crippen molar-refractivity contribution in [3.05, 3.63) is 42.0 Å². The first-order valence-corrected chi connectivity index (χ1v) is 6.77. The molecule has 7 heteroatoms. The molecule has 0 aliphatic carbocycles. The van der Waals surface area contributed by atoms with Crippen molar-refractivity contribution in [2.75, 3.05) is 4.90 Å². The summed E-state index contributed by atoms with van der Waals surface area (Å²) in [7, 11) is 0. The van der Waals surface area contributed by atoms with E-state index in [-0.39, 0.29) is 0 Å². The summed E-state index contributed by atoms with van der Waals surface area (Å²) in [4.78, 5) is 25.7. The predicted octanol–water partition coefficient (Wildman–Crippen LogP) is 2.15. The van der Waals surface area contributed by atoms with Crippen molar-refractivity contribution in [1.29, 1.82) is 0 Å². The van der Waals surface area contributed by atoms with Gasteiger partial charge in [-0.1, -0.05) is 24.3 Å². The fourth-order valence-electron chi connectivity index (χ4n) is 3.45. The summed E-state index contributed by atoms with van der Waals surface area (Å²) in [6, 6.07) is 4.62. The van der Waals surface area contributed by atoms with Crippen LogP contribution in [0.1, 0.15) is 5.56 Å². The van der Waals surface area contributed by atoms with Gasteiger partial charge in [-0.25, -0.2) is 4.90 Å². The van der Waals surface area contributed by atoms with Crippen molar-refractivity contribution in [2.24, 2.45) is 11.8 Å². The van der Waals surface area contributed by atoms with Crippen LogP contribution in [-0.2, 0) is 20.5 Å². The Kier molecular flexibility index (Phi) is 2.57. The minimum Gasteiger partial charge on any atom is -0.365 e. The summed E-state index contributed by atoms with van der Waals surface area (Å²) in [5, 5.41) is 0. The fraction of sp³-hybridized carbons (Fsp3) is 0.333. The predicted molar refractivity (Wildman–Crippen MR) is 68.7 cm³/mol. The minimum atomic E-state index is -4.64. The molecule has 3 aliphatic heterocycles. The number of hydrogen-bond acceptors (Lipinski definition) is 3. The highest BCUT2D eigenvalue weighted by Crippen LogP contribution is 2.48. The zero-order valence-corrected chi connectivity index (χ0v) is 11.1. The molecular formula is C15H10F3NO3. The molecule has 4 atom stereocenters. The molecule has 1 aromatic rings. The van der Waals surface area contributed by atoms with Crippen LogP contribution in [-0.4, -0.2) is 24.0 Å². The molecule has 1 aromatic carbocycles. The largest absolute Gasteiger partial charge is 0.418 e. The van der Waals surface area contributed by atoms with Crippen LogP contribution in [0.15, 0.2) is 36.4 Å². The van der Waals surface area contributed by atoms with Crippen molar-refractivity contribution < 1.29 is 27.5 Å². The van der Waals surface area contributed by atoms with E-state index in [9.17, 15) is 22.8 Å². The van der Waals surface area contributed by atoms with Crippen LogP contribution in [0.25, 0.3) is 0 Å². The van der Waals surface area contributed by atoms with Gasteiger partial charge in [-0.3, -0.25) is 9.59 Å². The van der Waals surface area contributed by atoms with E-state index in [2.05, 4.69) is 0 Å². The molecule has 0 saturated carbocycles. The third-order valence-corrected chi connectivity index (χ3v) is 4.36. The standard InChI is InChI=1S/C15H10F3NO3/c16-15(17,18)7-3-1-2-4-8(7)19-13(20)11-9-5-6-10(22-9)12(11)14(19)21/h1-6,9-12H/t9-,10+,11+,12-. The Morgan fingerprint density at radius 1 is 0.955 bits per heavy atom. The van der Waals surface area contributed by atoms with Gasteiger partial charge in [-0.2, -0.15) is 13.2 Å². The first kappa shape index (κ1) is 13.5. The van der Waals surface area contributed by atoms with Gasteiger partial charge in [-0.15, -0.1) is 0 Å². The van der Waals surface area contributed by atoms with Crippen LogP contribution in [0.3, 0.4) is 0 Å². The summed E-state index contributed by atoms with van der Waals surface area (Å²) in [5.41, 5.74) is -1.39. The highest BCUT2D eigenvalue weighted by molar-refractivity contribution is 6.23. The Morgan fingerprint density at radius 2 is 1.50 bits per heavy atom. The molecule has 0 aromatic heterocycles. The van der Waals surface area contributed by atoms with Gasteiger partial charge in [0.1, 0.15) is 0 Å². The first-order chi connectivity index (χ1) is 10.4. The lowest BCUT2D eigenvalue weighted by Crippen LogP contribution is -2.35. The molecular weight excluding hydrogens is 299 g/mol. The zero-order valence-electron chi connectivity index (χ0n) is 11.1. The molecule has 0 unspecified atom stereocenters. The fourth-order valence-corrected chi connectivity index (χ4v) is 3.45. The number of carbonyl (C=O) groups is 2. The van der Waals surface area contributed by atoms with E-state index in [4.69, 9.17) is 4.74 Å². The molecule has 2 saturated heterocycles. The highest BCUT2D eigenvalue weighted by atomic mass is 19.4. The van der Waals surface area contributed by atoms with Gasteiger partial charge in [0, 0.05) is 0 Å². The van der Waals surface area contributed by atoms with Crippen LogP contribution in [0.4, 0.5) is 18.9 Å². The first-order valence-electron chi connectivity index (χ1n) is 6.77. The number of imide groups is 1. The van der Waals surface area contributed by atoms with Crippen molar-refractivity contribution in [3.63, 3.8) is 0 Å². The number of rotatable bonds is 1. The van der Waals surface area contributed by atoms with Gasteiger partial charge in [0.2, 0.25) is 11.8 Å². The second kappa shape index (κ2) is 4.19. The molecule has 4 nitrogen and oxygen atoms in total. The number of benzene rings is 1. The van der Waals surface area contributed by atoms with Gasteiger partial charge >= 0.3 is 6.18 Å². The number of carbonyl (C=O) groups excluding carboxylic acids is 2. The maximum Gasteiger partial charge on any atom is 0.418 e. The molecule has 0 radical (unpaired) electrons. The van der Waals surface area contributed by atoms with E-state index in [0.29, 0.717) is 4.90 Å². The molecule has 0 N–H and O–H groups in total. The molecule has 3 heterocycles. The number of fused-ring (bicyclic) bond motifs is 5. The van der Waals surface area contributed by atoms with Crippen molar-refractivity contribution in [1.82, 2.24) is 0 Å². The summed E-state index contributed by atoms with van der Waals surface area (Å²) >= 11 is 0. The van der Waals surface area contributed by atoms with Gasteiger partial charge in [0.25, 0.3) is 0 Å². The third kappa shape index (κ3) is 1.62. The summed E-state index contributed by atoms with van der Waals surface area (Å²) in [6.45, 7) is 0. The monoisotopic (exact) mass is 309 g/mol. The van der Waals surface area contributed by atoms with Crippen molar-refractivity contribution in [2.45, 2.75) is 18.4 Å². The molecule has 0 spiro atoms. The quantitative estimate of drug-likeness (QED) is 0.590.